The van der Waals surface area contributed by atoms with Gasteiger partial charge in [0, 0.05) is 17.5 Å². The van der Waals surface area contributed by atoms with Crippen LogP contribution in [0.3, 0.4) is 0 Å². The minimum Gasteiger partial charge on any atom is -0.497 e. The molecule has 6 heteroatoms. The molecule has 0 amide bonds. The third-order valence-corrected chi connectivity index (χ3v) is 7.22. The van der Waals surface area contributed by atoms with Gasteiger partial charge in [-0.15, -0.1) is 0 Å². The van der Waals surface area contributed by atoms with E-state index in [-0.39, 0.29) is 18.8 Å². The molecule has 0 fully saturated rings. The quantitative estimate of drug-likeness (QED) is 0.162. The molecule has 4 rings (SSSR count). The highest BCUT2D eigenvalue weighted by Gasteiger charge is 2.30. The normalized spacial score (nSPS) is 12.3. The number of Topliss-reactive ketones (excluding diaryl/α,β-unsaturated/α-hetero) is 1. The number of methoxy groups -OCH3 is 1. The summed E-state index contributed by atoms with van der Waals surface area (Å²) in [5.74, 6) is -0.600. The zero-order valence-corrected chi connectivity index (χ0v) is 23.7. The van der Waals surface area contributed by atoms with E-state index in [1.165, 1.54) is 0 Å². The van der Waals surface area contributed by atoms with E-state index in [9.17, 15) is 14.7 Å². The van der Waals surface area contributed by atoms with Gasteiger partial charge in [0.1, 0.15) is 30.5 Å². The molecule has 4 aromatic carbocycles. The van der Waals surface area contributed by atoms with Gasteiger partial charge in [-0.05, 0) is 66.3 Å². The Morgan fingerprint density at radius 1 is 0.756 bits per heavy atom. The van der Waals surface area contributed by atoms with Crippen molar-refractivity contribution in [2.24, 2.45) is 5.92 Å². The van der Waals surface area contributed by atoms with Crippen molar-refractivity contribution in [3.63, 3.8) is 0 Å². The van der Waals surface area contributed by atoms with Gasteiger partial charge in [-0.3, -0.25) is 9.59 Å². The Bertz CT molecular complexity index is 1450. The van der Waals surface area contributed by atoms with Crippen molar-refractivity contribution in [2.75, 3.05) is 7.11 Å². The Hall–Kier alpha value is -4.58. The van der Waals surface area contributed by atoms with Gasteiger partial charge in [0.2, 0.25) is 0 Å². The van der Waals surface area contributed by atoms with E-state index < -0.39 is 17.8 Å². The van der Waals surface area contributed by atoms with Crippen LogP contribution in [0.25, 0.3) is 0 Å². The maximum Gasteiger partial charge on any atom is 0.306 e. The summed E-state index contributed by atoms with van der Waals surface area (Å²) >= 11 is 0. The number of carboxylic acids is 1. The van der Waals surface area contributed by atoms with Crippen LogP contribution < -0.4 is 14.2 Å². The lowest BCUT2D eigenvalue weighted by Crippen LogP contribution is -2.22. The number of carbonyl (C=O) groups is 2. The van der Waals surface area contributed by atoms with Gasteiger partial charge in [-0.1, -0.05) is 73.7 Å². The van der Waals surface area contributed by atoms with Gasteiger partial charge in [0.15, 0.2) is 5.78 Å². The summed E-state index contributed by atoms with van der Waals surface area (Å²) in [4.78, 5) is 26.1. The predicted molar refractivity (Wildman–Crippen MR) is 159 cm³/mol. The number of ether oxygens (including phenoxy) is 3. The smallest absolute Gasteiger partial charge is 0.306 e. The fraction of sp³-hybridized carbons (Fsp3) is 0.257. The summed E-state index contributed by atoms with van der Waals surface area (Å²) in [7, 11) is 1.62. The molecule has 212 valence electrons. The highest BCUT2D eigenvalue weighted by molar-refractivity contribution is 6.02. The minimum atomic E-state index is -0.901. The molecule has 4 aromatic rings. The minimum absolute atomic E-state index is 0.168. The first-order valence-corrected chi connectivity index (χ1v) is 13.8. The average molecular weight is 553 g/mol. The van der Waals surface area contributed by atoms with Crippen molar-refractivity contribution in [3.8, 4) is 17.2 Å². The van der Waals surface area contributed by atoms with E-state index in [4.69, 9.17) is 14.2 Å². The van der Waals surface area contributed by atoms with Crippen molar-refractivity contribution in [1.82, 2.24) is 0 Å². The second kappa shape index (κ2) is 14.2. The number of ketones is 1. The van der Waals surface area contributed by atoms with Crippen LogP contribution in [0.15, 0.2) is 97.1 Å². The van der Waals surface area contributed by atoms with E-state index in [1.54, 1.807) is 25.3 Å². The van der Waals surface area contributed by atoms with Crippen LogP contribution in [-0.4, -0.2) is 24.0 Å². The number of aliphatic carboxylic acids is 1. The molecule has 0 bridgehead atoms. The van der Waals surface area contributed by atoms with E-state index >= 15 is 0 Å². The Morgan fingerprint density at radius 3 is 1.90 bits per heavy atom. The third kappa shape index (κ3) is 7.98. The lowest BCUT2D eigenvalue weighted by atomic mass is 9.81. The van der Waals surface area contributed by atoms with Crippen LogP contribution in [0, 0.1) is 12.8 Å². The van der Waals surface area contributed by atoms with Gasteiger partial charge < -0.3 is 19.3 Å². The molecule has 0 radical (unpaired) electrons. The standard InChI is InChI=1S/C35H36O6/c1-4-27(35(37)38)20-33(32-13-9-8-10-24(32)2)34(36)28-18-30(40-22-25-11-6-5-7-12-25)21-31(19-28)41-23-26-14-16-29(39-3)17-15-26/h5-19,21,27,33H,4,20,22-23H2,1-3H3,(H,37,38). The Morgan fingerprint density at radius 2 is 1.34 bits per heavy atom. The fourth-order valence-corrected chi connectivity index (χ4v) is 4.79. The molecule has 41 heavy (non-hydrogen) atoms. The van der Waals surface area contributed by atoms with Crippen molar-refractivity contribution in [1.29, 1.82) is 0 Å². The first-order chi connectivity index (χ1) is 19.9. The summed E-state index contributed by atoms with van der Waals surface area (Å²) < 4.78 is 17.5. The Labute approximate surface area is 241 Å². The monoisotopic (exact) mass is 552 g/mol. The summed E-state index contributed by atoms with van der Waals surface area (Å²) in [6.45, 7) is 4.40. The van der Waals surface area contributed by atoms with Crippen molar-refractivity contribution >= 4 is 11.8 Å². The summed E-state index contributed by atoms with van der Waals surface area (Å²) in [5, 5.41) is 9.81. The Kier molecular flexibility index (Phi) is 10.2. The first kappa shape index (κ1) is 29.4. The average Bonchev–Trinajstić information content (AvgIpc) is 3.00. The lowest BCUT2D eigenvalue weighted by molar-refractivity contribution is -0.142. The summed E-state index contributed by atoms with van der Waals surface area (Å²) in [6.07, 6.45) is 0.633. The molecule has 2 unspecified atom stereocenters. The number of benzene rings is 4. The van der Waals surface area contributed by atoms with Crippen molar-refractivity contribution < 1.29 is 28.9 Å². The zero-order chi connectivity index (χ0) is 29.2. The molecule has 0 aromatic heterocycles. The second-order valence-electron chi connectivity index (χ2n) is 10.1. The molecule has 0 spiro atoms. The maximum atomic E-state index is 14.2. The highest BCUT2D eigenvalue weighted by atomic mass is 16.5. The van der Waals surface area contributed by atoms with E-state index in [1.807, 2.05) is 92.7 Å². The molecule has 0 saturated carbocycles. The molecular weight excluding hydrogens is 516 g/mol. The molecule has 0 aliphatic carbocycles. The molecule has 0 aliphatic rings. The number of hydrogen-bond acceptors (Lipinski definition) is 5. The molecular formula is C35H36O6. The predicted octanol–water partition coefficient (Wildman–Crippen LogP) is 7.63. The first-order valence-electron chi connectivity index (χ1n) is 13.8. The molecule has 0 aliphatic heterocycles. The number of hydrogen-bond donors (Lipinski definition) is 1. The number of carboxylic acid groups (broad SMARTS) is 1. The van der Waals surface area contributed by atoms with Gasteiger partial charge in [-0.2, -0.15) is 0 Å². The van der Waals surface area contributed by atoms with Crippen LogP contribution in [0.4, 0.5) is 0 Å². The van der Waals surface area contributed by atoms with Crippen LogP contribution in [0.1, 0.15) is 58.3 Å². The number of aryl methyl sites for hydroxylation is 1. The van der Waals surface area contributed by atoms with Crippen molar-refractivity contribution in [2.45, 2.75) is 45.8 Å². The molecule has 1 N–H and O–H groups in total. The SMILES string of the molecule is CCC(CC(C(=O)c1cc(OCc2ccccc2)cc(OCc2ccc(OC)cc2)c1)c1ccccc1C)C(=O)O. The van der Waals surface area contributed by atoms with Crippen molar-refractivity contribution in [3.05, 3.63) is 125 Å². The summed E-state index contributed by atoms with van der Waals surface area (Å²) in [5.41, 5.74) is 4.12. The van der Waals surface area contributed by atoms with Gasteiger partial charge in [0.25, 0.3) is 0 Å². The van der Waals surface area contributed by atoms with Crippen LogP contribution in [-0.2, 0) is 18.0 Å². The number of carbonyl (C=O) groups excluding carboxylic acids is 1. The fourth-order valence-electron chi connectivity index (χ4n) is 4.79. The van der Waals surface area contributed by atoms with E-state index in [0.29, 0.717) is 30.1 Å². The number of rotatable bonds is 14. The third-order valence-electron chi connectivity index (χ3n) is 7.22. The van der Waals surface area contributed by atoms with Gasteiger partial charge in [-0.25, -0.2) is 0 Å². The van der Waals surface area contributed by atoms with Gasteiger partial charge >= 0.3 is 5.97 Å². The molecule has 2 atom stereocenters. The largest absolute Gasteiger partial charge is 0.497 e. The van der Waals surface area contributed by atoms with Crippen LogP contribution in [0.5, 0.6) is 17.2 Å². The summed E-state index contributed by atoms with van der Waals surface area (Å²) in [6, 6.07) is 30.2. The molecule has 0 heterocycles. The van der Waals surface area contributed by atoms with E-state index in [2.05, 4.69) is 0 Å². The van der Waals surface area contributed by atoms with Gasteiger partial charge in [0.05, 0.1) is 13.0 Å². The maximum absolute atomic E-state index is 14.2. The molecule has 0 saturated heterocycles. The second-order valence-corrected chi connectivity index (χ2v) is 10.1. The Balaban J connectivity index is 1.67. The molecule has 6 nitrogen and oxygen atoms in total. The topological polar surface area (TPSA) is 82.1 Å². The lowest BCUT2D eigenvalue weighted by Gasteiger charge is -2.22. The van der Waals surface area contributed by atoms with Crippen LogP contribution in [0.2, 0.25) is 0 Å². The van der Waals surface area contributed by atoms with E-state index in [0.717, 1.165) is 28.0 Å². The van der Waals surface area contributed by atoms with Crippen LogP contribution >= 0.6 is 0 Å². The zero-order valence-electron chi connectivity index (χ0n) is 23.7. The highest BCUT2D eigenvalue weighted by Crippen LogP contribution is 2.34.